The minimum absolute atomic E-state index is 0.114. The number of hydrogen-bond acceptors (Lipinski definition) is 6. The van der Waals surface area contributed by atoms with E-state index in [1.807, 2.05) is 24.3 Å². The molecule has 0 heterocycles. The van der Waals surface area contributed by atoms with Crippen LogP contribution in [0.5, 0.6) is 0 Å². The summed E-state index contributed by atoms with van der Waals surface area (Å²) in [4.78, 5) is 37.9. The van der Waals surface area contributed by atoms with E-state index in [2.05, 4.69) is 118 Å². The normalized spacial score (nSPS) is 13.1. The van der Waals surface area contributed by atoms with E-state index >= 15 is 0 Å². The number of hydrogen-bond donors (Lipinski definition) is 0. The monoisotopic (exact) mass is 857 g/mol. The highest BCUT2D eigenvalue weighted by atomic mass is 16.6. The number of esters is 3. The summed E-state index contributed by atoms with van der Waals surface area (Å²) in [6.45, 7) is 6.26. The third kappa shape index (κ3) is 46.9. The van der Waals surface area contributed by atoms with Gasteiger partial charge < -0.3 is 14.2 Å². The lowest BCUT2D eigenvalue weighted by molar-refractivity contribution is -0.167. The molecule has 348 valence electrons. The van der Waals surface area contributed by atoms with E-state index in [1.54, 1.807) is 0 Å². The van der Waals surface area contributed by atoms with Crippen LogP contribution < -0.4 is 0 Å². The first kappa shape index (κ1) is 57.8. The summed E-state index contributed by atoms with van der Waals surface area (Å²) < 4.78 is 16.7. The number of carbonyl (C=O) groups is 3. The van der Waals surface area contributed by atoms with Crippen molar-refractivity contribution in [2.45, 2.75) is 200 Å². The fourth-order valence-electron chi connectivity index (χ4n) is 6.13. The van der Waals surface area contributed by atoms with Crippen molar-refractivity contribution in [3.8, 4) is 0 Å². The van der Waals surface area contributed by atoms with Gasteiger partial charge in [-0.3, -0.25) is 14.4 Å². The first-order chi connectivity index (χ1) is 30.5. The molecule has 0 aliphatic carbocycles. The van der Waals surface area contributed by atoms with Crippen molar-refractivity contribution >= 4 is 17.9 Å². The number of unbranched alkanes of at least 4 members (excludes halogenated alkanes) is 14. The van der Waals surface area contributed by atoms with Crippen LogP contribution in [0.25, 0.3) is 0 Å². The quantitative estimate of drug-likeness (QED) is 0.0200. The van der Waals surface area contributed by atoms with Gasteiger partial charge >= 0.3 is 17.9 Å². The summed E-state index contributed by atoms with van der Waals surface area (Å²) in [6.07, 6.45) is 67.5. The summed E-state index contributed by atoms with van der Waals surface area (Å²) in [5, 5.41) is 0. The molecule has 0 fully saturated rings. The van der Waals surface area contributed by atoms with Crippen molar-refractivity contribution in [3.63, 3.8) is 0 Å². The maximum Gasteiger partial charge on any atom is 0.306 e. The molecule has 0 amide bonds. The second-order valence-electron chi connectivity index (χ2n) is 15.7. The van der Waals surface area contributed by atoms with E-state index < -0.39 is 6.10 Å². The molecule has 0 bridgehead atoms. The van der Waals surface area contributed by atoms with E-state index in [9.17, 15) is 14.4 Å². The fraction of sp³-hybridized carbons (Fsp3) is 0.589. The van der Waals surface area contributed by atoms with Gasteiger partial charge in [-0.2, -0.15) is 0 Å². The van der Waals surface area contributed by atoms with Crippen molar-refractivity contribution in [1.29, 1.82) is 0 Å². The van der Waals surface area contributed by atoms with Gasteiger partial charge in [0.05, 0.1) is 0 Å². The molecule has 0 saturated heterocycles. The molecule has 1 atom stereocenters. The average molecular weight is 857 g/mol. The highest BCUT2D eigenvalue weighted by molar-refractivity contribution is 5.71. The van der Waals surface area contributed by atoms with E-state index in [0.29, 0.717) is 12.8 Å². The first-order valence-corrected chi connectivity index (χ1v) is 24.6. The van der Waals surface area contributed by atoms with Crippen LogP contribution in [-0.2, 0) is 28.6 Å². The molecule has 0 aliphatic rings. The van der Waals surface area contributed by atoms with Crippen LogP contribution in [0, 0.1) is 0 Å². The van der Waals surface area contributed by atoms with E-state index in [0.717, 1.165) is 116 Å². The molecule has 0 aromatic carbocycles. The fourth-order valence-corrected chi connectivity index (χ4v) is 6.13. The van der Waals surface area contributed by atoms with E-state index in [4.69, 9.17) is 14.2 Å². The van der Waals surface area contributed by atoms with Gasteiger partial charge in [-0.05, 0) is 103 Å². The Bertz CT molecular complexity index is 1350. The second-order valence-corrected chi connectivity index (χ2v) is 15.7. The topological polar surface area (TPSA) is 78.9 Å². The van der Waals surface area contributed by atoms with Gasteiger partial charge in [0.25, 0.3) is 0 Å². The molecule has 62 heavy (non-hydrogen) atoms. The molecule has 0 saturated carbocycles. The lowest BCUT2D eigenvalue weighted by Crippen LogP contribution is -2.30. The Morgan fingerprint density at radius 3 is 1.26 bits per heavy atom. The third-order valence-corrected chi connectivity index (χ3v) is 9.78. The predicted molar refractivity (Wildman–Crippen MR) is 265 cm³/mol. The predicted octanol–water partition coefficient (Wildman–Crippen LogP) is 16.1. The van der Waals surface area contributed by atoms with Gasteiger partial charge in [-0.15, -0.1) is 0 Å². The molecule has 0 aromatic rings. The summed E-state index contributed by atoms with van der Waals surface area (Å²) in [5.41, 5.74) is 0. The van der Waals surface area contributed by atoms with Crippen molar-refractivity contribution in [2.75, 3.05) is 13.2 Å². The standard InChI is InChI=1S/C56H88O6/c1-4-7-10-13-16-19-22-25-27-28-30-31-34-37-40-43-46-49-55(58)61-52-53(51-60-54(57)48-45-42-39-36-33-24-21-18-15-12-9-6-3)62-56(59)50-47-44-41-38-35-32-29-26-23-20-17-14-11-8-5-2/h7-8,10-11,14,16-21,23,25-27,29-31,37,40,53H,4-6,9,12-13,15,22,24,28,32-36,38-39,41-52H2,1-3H3/b10-7-,11-8-,17-14-,19-16-,21-18-,23-20-,27-25-,29-26-,31-30-,40-37-. The number of rotatable bonds is 42. The second kappa shape index (κ2) is 49.5. The Labute approximate surface area is 380 Å². The van der Waals surface area contributed by atoms with Crippen LogP contribution >= 0.6 is 0 Å². The molecule has 0 spiro atoms. The summed E-state index contributed by atoms with van der Waals surface area (Å²) >= 11 is 0. The lowest BCUT2D eigenvalue weighted by Gasteiger charge is -2.18. The molecule has 0 radical (unpaired) electrons. The first-order valence-electron chi connectivity index (χ1n) is 24.6. The smallest absolute Gasteiger partial charge is 0.306 e. The SMILES string of the molecule is CC\C=C/C=C\C=C/C=C\CCCCCCCC(=O)OC(COC(=O)CCC/C=C\C/C=C\C/C=C\C/C=C\C/C=C\CC)COC(=O)CCCCCCC/C=C\CCCCC. The summed E-state index contributed by atoms with van der Waals surface area (Å²) in [7, 11) is 0. The highest BCUT2D eigenvalue weighted by Gasteiger charge is 2.19. The van der Waals surface area contributed by atoms with Gasteiger partial charge in [0, 0.05) is 19.3 Å². The third-order valence-electron chi connectivity index (χ3n) is 9.78. The molecular weight excluding hydrogens is 769 g/mol. The van der Waals surface area contributed by atoms with Gasteiger partial charge in [-0.25, -0.2) is 0 Å². The maximum absolute atomic E-state index is 12.8. The molecule has 1 unspecified atom stereocenters. The lowest BCUT2D eigenvalue weighted by atomic mass is 10.1. The largest absolute Gasteiger partial charge is 0.462 e. The Balaban J connectivity index is 4.56. The van der Waals surface area contributed by atoms with Gasteiger partial charge in [0.15, 0.2) is 6.10 Å². The molecule has 6 heteroatoms. The van der Waals surface area contributed by atoms with Crippen molar-refractivity contribution in [2.24, 2.45) is 0 Å². The van der Waals surface area contributed by atoms with Gasteiger partial charge in [0.2, 0.25) is 0 Å². The summed E-state index contributed by atoms with van der Waals surface area (Å²) in [5.74, 6) is -1.02. The van der Waals surface area contributed by atoms with Crippen LogP contribution in [0.3, 0.4) is 0 Å². The molecule has 0 N–H and O–H groups in total. The van der Waals surface area contributed by atoms with E-state index in [1.165, 1.54) is 32.1 Å². The number of ether oxygens (including phenoxy) is 3. The molecule has 0 aliphatic heterocycles. The van der Waals surface area contributed by atoms with Crippen molar-refractivity contribution in [3.05, 3.63) is 122 Å². The van der Waals surface area contributed by atoms with Crippen LogP contribution in [0.15, 0.2) is 122 Å². The van der Waals surface area contributed by atoms with Gasteiger partial charge in [-0.1, -0.05) is 194 Å². The molecule has 6 nitrogen and oxygen atoms in total. The average Bonchev–Trinajstić information content (AvgIpc) is 3.27. The summed E-state index contributed by atoms with van der Waals surface area (Å²) in [6, 6.07) is 0. The van der Waals surface area contributed by atoms with Crippen molar-refractivity contribution < 1.29 is 28.6 Å². The zero-order valence-electron chi connectivity index (χ0n) is 39.6. The van der Waals surface area contributed by atoms with Crippen LogP contribution in [0.4, 0.5) is 0 Å². The van der Waals surface area contributed by atoms with Crippen LogP contribution in [0.2, 0.25) is 0 Å². The Hall–Kier alpha value is -4.19. The Kier molecular flexibility index (Phi) is 46.1. The number of allylic oxidation sites excluding steroid dienone is 20. The minimum atomic E-state index is -0.819. The maximum atomic E-state index is 12.8. The number of carbonyl (C=O) groups excluding carboxylic acids is 3. The highest BCUT2D eigenvalue weighted by Crippen LogP contribution is 2.12. The van der Waals surface area contributed by atoms with Crippen LogP contribution in [-0.4, -0.2) is 37.2 Å². The minimum Gasteiger partial charge on any atom is -0.462 e. The Morgan fingerprint density at radius 1 is 0.355 bits per heavy atom. The van der Waals surface area contributed by atoms with Crippen LogP contribution in [0.1, 0.15) is 194 Å². The molecule has 0 aromatic heterocycles. The zero-order valence-corrected chi connectivity index (χ0v) is 39.6. The molecular formula is C56H88O6. The molecule has 0 rings (SSSR count). The Morgan fingerprint density at radius 2 is 0.726 bits per heavy atom. The van der Waals surface area contributed by atoms with Gasteiger partial charge in [0.1, 0.15) is 13.2 Å². The zero-order chi connectivity index (χ0) is 45.1. The van der Waals surface area contributed by atoms with E-state index in [-0.39, 0.29) is 44.0 Å². The van der Waals surface area contributed by atoms with Crippen molar-refractivity contribution in [1.82, 2.24) is 0 Å².